The summed E-state index contributed by atoms with van der Waals surface area (Å²) in [5.41, 5.74) is 5.21. The molecule has 0 amide bonds. The minimum atomic E-state index is 0.0215. The summed E-state index contributed by atoms with van der Waals surface area (Å²) in [6, 6.07) is 25.7. The monoisotopic (exact) mass is 457 g/mol. The fourth-order valence-corrected chi connectivity index (χ4v) is 6.08. The van der Waals surface area contributed by atoms with Crippen molar-refractivity contribution in [2.45, 2.75) is 37.1 Å². The van der Waals surface area contributed by atoms with Crippen LogP contribution in [0.5, 0.6) is 0 Å². The van der Waals surface area contributed by atoms with E-state index in [0.717, 1.165) is 34.3 Å². The molecule has 1 N–H and O–H groups in total. The second-order valence-electron chi connectivity index (χ2n) is 9.74. The summed E-state index contributed by atoms with van der Waals surface area (Å²) in [4.78, 5) is 13.4. The Morgan fingerprint density at radius 1 is 0.629 bits per heavy atom. The molecule has 4 aromatic rings. The molecule has 0 fully saturated rings. The van der Waals surface area contributed by atoms with Gasteiger partial charge in [-0.25, -0.2) is 9.98 Å². The predicted molar refractivity (Wildman–Crippen MR) is 137 cm³/mol. The summed E-state index contributed by atoms with van der Waals surface area (Å²) >= 11 is 0. The fourth-order valence-electron chi connectivity index (χ4n) is 6.08. The van der Waals surface area contributed by atoms with Gasteiger partial charge in [-0.2, -0.15) is 0 Å². The zero-order valence-corrected chi connectivity index (χ0v) is 19.0. The summed E-state index contributed by atoms with van der Waals surface area (Å²) in [6.45, 7) is 0. The van der Waals surface area contributed by atoms with Gasteiger partial charge in [0.15, 0.2) is 0 Å². The lowest BCUT2D eigenvalue weighted by atomic mass is 10.1. The van der Waals surface area contributed by atoms with E-state index in [1.165, 1.54) is 22.3 Å². The van der Waals surface area contributed by atoms with Gasteiger partial charge in [0.2, 0.25) is 11.8 Å². The number of hydrogen-bond acceptors (Lipinski definition) is 4. The van der Waals surface area contributed by atoms with E-state index in [9.17, 15) is 0 Å². The maximum absolute atomic E-state index is 6.31. The number of aromatic nitrogens is 1. The first-order chi connectivity index (χ1) is 17.3. The molecule has 5 nitrogen and oxygen atoms in total. The van der Waals surface area contributed by atoms with Crippen molar-refractivity contribution in [2.24, 2.45) is 9.98 Å². The maximum atomic E-state index is 6.31. The van der Waals surface area contributed by atoms with Crippen LogP contribution in [0, 0.1) is 0 Å². The molecule has 4 atom stereocenters. The van der Waals surface area contributed by atoms with Crippen molar-refractivity contribution in [2.75, 3.05) is 0 Å². The Balaban J connectivity index is 1.15. The first-order valence-electron chi connectivity index (χ1n) is 12.2. The van der Waals surface area contributed by atoms with E-state index < -0.39 is 0 Å². The molecule has 2 aliphatic carbocycles. The summed E-state index contributed by atoms with van der Waals surface area (Å²) in [5.74, 6) is 1.38. The Morgan fingerprint density at radius 2 is 1.09 bits per heavy atom. The first kappa shape index (κ1) is 19.2. The average molecular weight is 458 g/mol. The lowest BCUT2D eigenvalue weighted by molar-refractivity contribution is 0.211. The van der Waals surface area contributed by atoms with Gasteiger partial charge in [-0.1, -0.05) is 72.8 Å². The molecule has 0 saturated heterocycles. The Bertz CT molecular complexity index is 1570. The van der Waals surface area contributed by atoms with Crippen LogP contribution in [0.4, 0.5) is 0 Å². The standard InChI is InChI=1S/C30H23N3O2/c1-3-9-19-17(7-1)13-25-29(19)34-27(32-25)15-23-21-11-5-6-12-22(21)24(31-23)16-28-33-26-14-18-8-2-4-10-20(18)30(26)35-28/h1-12,15-16,25-26,29-31H,13-14H2/b23-15-,24-16-/t25-,26-,29+,30+/m0/s1. The molecular weight excluding hydrogens is 434 g/mol. The van der Waals surface area contributed by atoms with E-state index in [1.54, 1.807) is 0 Å². The third-order valence-corrected chi connectivity index (χ3v) is 7.67. The van der Waals surface area contributed by atoms with Crippen molar-refractivity contribution in [1.29, 1.82) is 0 Å². The number of ether oxygens (including phenoxy) is 2. The Kier molecular flexibility index (Phi) is 3.95. The average Bonchev–Trinajstić information content (AvgIpc) is 3.66. The van der Waals surface area contributed by atoms with Gasteiger partial charge >= 0.3 is 0 Å². The van der Waals surface area contributed by atoms with Crippen molar-refractivity contribution >= 4 is 34.7 Å². The third-order valence-electron chi connectivity index (χ3n) is 7.67. The van der Waals surface area contributed by atoms with Gasteiger partial charge in [0.25, 0.3) is 0 Å². The first-order valence-corrected chi connectivity index (χ1v) is 12.2. The predicted octanol–water partition coefficient (Wildman–Crippen LogP) is 3.92. The topological polar surface area (TPSA) is 59.0 Å². The molecule has 0 radical (unpaired) electrons. The Hall–Kier alpha value is -4.12. The lowest BCUT2D eigenvalue weighted by Crippen LogP contribution is -2.14. The van der Waals surface area contributed by atoms with Crippen LogP contribution in [-0.2, 0) is 22.3 Å². The Labute approximate surface area is 202 Å². The molecule has 35 heavy (non-hydrogen) atoms. The third kappa shape index (κ3) is 2.94. The fraction of sp³-hybridized carbons (Fsp3) is 0.200. The van der Waals surface area contributed by atoms with Crippen LogP contribution in [0.25, 0.3) is 22.9 Å². The molecule has 0 saturated carbocycles. The molecule has 5 heteroatoms. The maximum Gasteiger partial charge on any atom is 0.211 e. The van der Waals surface area contributed by atoms with E-state index in [1.807, 2.05) is 12.2 Å². The molecule has 3 heterocycles. The molecule has 4 aliphatic rings. The quantitative estimate of drug-likeness (QED) is 0.496. The van der Waals surface area contributed by atoms with Gasteiger partial charge in [0.05, 0.1) is 22.8 Å². The molecule has 170 valence electrons. The van der Waals surface area contributed by atoms with Crippen LogP contribution in [0.15, 0.2) is 82.8 Å². The van der Waals surface area contributed by atoms with Gasteiger partial charge < -0.3 is 14.5 Å². The highest BCUT2D eigenvalue weighted by Crippen LogP contribution is 2.41. The van der Waals surface area contributed by atoms with E-state index >= 15 is 0 Å². The van der Waals surface area contributed by atoms with Crippen molar-refractivity contribution in [1.82, 2.24) is 4.98 Å². The zero-order chi connectivity index (χ0) is 22.9. The minimum absolute atomic E-state index is 0.0215. The van der Waals surface area contributed by atoms with Crippen LogP contribution in [-0.4, -0.2) is 28.9 Å². The van der Waals surface area contributed by atoms with E-state index in [0.29, 0.717) is 11.8 Å². The second-order valence-corrected chi connectivity index (χ2v) is 9.74. The normalized spacial score (nSPS) is 26.6. The van der Waals surface area contributed by atoms with Gasteiger partial charge in [0, 0.05) is 22.9 Å². The molecule has 1 aromatic heterocycles. The van der Waals surface area contributed by atoms with E-state index in [-0.39, 0.29) is 24.3 Å². The largest absolute Gasteiger partial charge is 0.467 e. The van der Waals surface area contributed by atoms with Crippen molar-refractivity contribution in [3.63, 3.8) is 0 Å². The summed E-state index contributed by atoms with van der Waals surface area (Å²) in [5, 5.41) is 4.24. The molecular formula is C30H23N3O2. The van der Waals surface area contributed by atoms with Crippen LogP contribution < -0.4 is 10.7 Å². The highest BCUT2D eigenvalue weighted by molar-refractivity contribution is 6.09. The number of H-pyrrole nitrogens is 1. The zero-order valence-electron chi connectivity index (χ0n) is 19.0. The van der Waals surface area contributed by atoms with Crippen molar-refractivity contribution < 1.29 is 9.47 Å². The molecule has 3 aromatic carbocycles. The van der Waals surface area contributed by atoms with Crippen LogP contribution in [0.3, 0.4) is 0 Å². The number of nitrogens with zero attached hydrogens (tertiary/aromatic N) is 2. The lowest BCUT2D eigenvalue weighted by Gasteiger charge is -2.09. The number of aliphatic imine (C=N–C) groups is 2. The van der Waals surface area contributed by atoms with Gasteiger partial charge in [-0.3, -0.25) is 0 Å². The number of benzene rings is 3. The van der Waals surface area contributed by atoms with Gasteiger partial charge in [-0.05, 0) is 35.1 Å². The van der Waals surface area contributed by atoms with Crippen LogP contribution in [0.2, 0.25) is 0 Å². The molecule has 0 bridgehead atoms. The number of fused-ring (bicyclic) bond motifs is 7. The number of aromatic amines is 1. The van der Waals surface area contributed by atoms with Crippen molar-refractivity contribution in [3.8, 4) is 0 Å². The highest BCUT2D eigenvalue weighted by atomic mass is 16.5. The van der Waals surface area contributed by atoms with Crippen molar-refractivity contribution in [3.05, 3.63) is 106 Å². The van der Waals surface area contributed by atoms with Gasteiger partial charge in [-0.15, -0.1) is 0 Å². The molecule has 0 unspecified atom stereocenters. The molecule has 2 aliphatic heterocycles. The Morgan fingerprint density at radius 3 is 1.60 bits per heavy atom. The van der Waals surface area contributed by atoms with E-state index in [4.69, 9.17) is 19.5 Å². The van der Waals surface area contributed by atoms with Crippen LogP contribution >= 0.6 is 0 Å². The number of rotatable bonds is 2. The highest BCUT2D eigenvalue weighted by Gasteiger charge is 2.39. The number of nitrogens with one attached hydrogen (secondary N) is 1. The smallest absolute Gasteiger partial charge is 0.211 e. The SMILES string of the molecule is C(/C1=N[C@H]2Cc3ccccc3[C@H]2O1)=c1/[nH]/c(=C\C2=N[C@H]3Cc4ccccc4[C@H]3O2)c2ccccc12. The van der Waals surface area contributed by atoms with Crippen LogP contribution in [0.1, 0.15) is 34.5 Å². The minimum Gasteiger partial charge on any atom is -0.467 e. The summed E-state index contributed by atoms with van der Waals surface area (Å²) in [7, 11) is 0. The van der Waals surface area contributed by atoms with Gasteiger partial charge in [0.1, 0.15) is 12.2 Å². The summed E-state index contributed by atoms with van der Waals surface area (Å²) < 4.78 is 12.6. The molecule has 8 rings (SSSR count). The summed E-state index contributed by atoms with van der Waals surface area (Å²) in [6.07, 6.45) is 5.98. The van der Waals surface area contributed by atoms with E-state index in [2.05, 4.69) is 77.8 Å². The molecule has 0 spiro atoms. The second kappa shape index (κ2) is 7.19. The number of hydrogen-bond donors (Lipinski definition) is 1.